The van der Waals surface area contributed by atoms with Gasteiger partial charge in [-0.3, -0.25) is 4.40 Å². The maximum absolute atomic E-state index is 9.89. The molecule has 25 heavy (non-hydrogen) atoms. The van der Waals surface area contributed by atoms with E-state index in [0.717, 1.165) is 24.5 Å². The Balaban J connectivity index is 1.58. The van der Waals surface area contributed by atoms with Crippen LogP contribution in [0.3, 0.4) is 0 Å². The molecule has 3 aromatic rings. The molecule has 0 aliphatic carbocycles. The summed E-state index contributed by atoms with van der Waals surface area (Å²) < 4.78 is 1.75. The maximum atomic E-state index is 9.89. The fourth-order valence-corrected chi connectivity index (χ4v) is 3.26. The van der Waals surface area contributed by atoms with Crippen molar-refractivity contribution in [2.24, 2.45) is 10.2 Å². The molecule has 0 saturated carbocycles. The second kappa shape index (κ2) is 6.55. The molecule has 1 N–H and O–H groups in total. The van der Waals surface area contributed by atoms with Crippen molar-refractivity contribution >= 4 is 22.8 Å². The zero-order chi connectivity index (χ0) is 17.2. The number of aryl methyl sites for hydroxylation is 1. The molecule has 1 aliphatic heterocycles. The van der Waals surface area contributed by atoms with Gasteiger partial charge in [-0.15, -0.1) is 10.2 Å². The van der Waals surface area contributed by atoms with Gasteiger partial charge in [-0.25, -0.2) is 4.98 Å². The van der Waals surface area contributed by atoms with Gasteiger partial charge in [-0.2, -0.15) is 0 Å². The zero-order valence-corrected chi connectivity index (χ0v) is 14.3. The third-order valence-corrected chi connectivity index (χ3v) is 4.60. The Bertz CT molecular complexity index is 907. The van der Waals surface area contributed by atoms with Crippen LogP contribution in [0.5, 0.6) is 5.75 Å². The van der Waals surface area contributed by atoms with Gasteiger partial charge in [0.05, 0.1) is 11.4 Å². The second-order valence-electron chi connectivity index (χ2n) is 6.37. The highest BCUT2D eigenvalue weighted by atomic mass is 16.3. The van der Waals surface area contributed by atoms with Gasteiger partial charge >= 0.3 is 0 Å². The first-order valence-corrected chi connectivity index (χ1v) is 8.66. The Morgan fingerprint density at radius 1 is 1.00 bits per heavy atom. The quantitative estimate of drug-likeness (QED) is 0.702. The molecular formula is C19H21N5O. The standard InChI is InChI=1S/C19H21N5O/c1-14-18(24-13-5-6-17(25)19(24)20-14)22-21-15-7-9-16(10-8-15)23-11-3-2-4-12-23/h5-10,13,25H,2-4,11-12H2,1H3. The van der Waals surface area contributed by atoms with Crippen LogP contribution in [0.4, 0.5) is 17.2 Å². The van der Waals surface area contributed by atoms with Crippen LogP contribution < -0.4 is 4.90 Å². The van der Waals surface area contributed by atoms with Crippen LogP contribution in [0.2, 0.25) is 0 Å². The van der Waals surface area contributed by atoms with Crippen molar-refractivity contribution in [2.45, 2.75) is 26.2 Å². The van der Waals surface area contributed by atoms with E-state index in [-0.39, 0.29) is 5.75 Å². The molecule has 3 heterocycles. The molecule has 128 valence electrons. The summed E-state index contributed by atoms with van der Waals surface area (Å²) in [4.78, 5) is 6.77. The fourth-order valence-electron chi connectivity index (χ4n) is 3.26. The highest BCUT2D eigenvalue weighted by Crippen LogP contribution is 2.28. The van der Waals surface area contributed by atoms with E-state index in [9.17, 15) is 5.11 Å². The topological polar surface area (TPSA) is 65.5 Å². The lowest BCUT2D eigenvalue weighted by atomic mass is 10.1. The lowest BCUT2D eigenvalue weighted by Crippen LogP contribution is -2.29. The summed E-state index contributed by atoms with van der Waals surface area (Å²) >= 11 is 0. The average molecular weight is 335 g/mol. The summed E-state index contributed by atoms with van der Waals surface area (Å²) in [6.07, 6.45) is 5.68. The third-order valence-electron chi connectivity index (χ3n) is 4.60. The molecule has 1 fully saturated rings. The molecular weight excluding hydrogens is 314 g/mol. The van der Waals surface area contributed by atoms with Crippen LogP contribution in [-0.2, 0) is 0 Å². The molecule has 4 rings (SSSR count). The minimum absolute atomic E-state index is 0.137. The predicted molar refractivity (Wildman–Crippen MR) is 98.3 cm³/mol. The average Bonchev–Trinajstić information content (AvgIpc) is 2.98. The van der Waals surface area contributed by atoms with E-state index in [1.807, 2.05) is 25.3 Å². The van der Waals surface area contributed by atoms with E-state index in [1.54, 1.807) is 16.5 Å². The Labute approximate surface area is 146 Å². The normalized spacial score (nSPS) is 15.3. The van der Waals surface area contributed by atoms with Crippen LogP contribution in [0.15, 0.2) is 52.8 Å². The Hall–Kier alpha value is -2.89. The lowest BCUT2D eigenvalue weighted by molar-refractivity contribution is 0.477. The van der Waals surface area contributed by atoms with Crippen molar-refractivity contribution in [3.8, 4) is 5.75 Å². The number of piperidine rings is 1. The molecule has 1 saturated heterocycles. The molecule has 0 atom stereocenters. The summed E-state index contributed by atoms with van der Waals surface area (Å²) in [6.45, 7) is 4.12. The molecule has 1 aliphatic rings. The highest BCUT2D eigenvalue weighted by Gasteiger charge is 2.12. The molecule has 6 nitrogen and oxygen atoms in total. The smallest absolute Gasteiger partial charge is 0.182 e. The molecule has 0 radical (unpaired) electrons. The van der Waals surface area contributed by atoms with E-state index >= 15 is 0 Å². The molecule has 0 bridgehead atoms. The van der Waals surface area contributed by atoms with Crippen LogP contribution in [-0.4, -0.2) is 27.6 Å². The Kier molecular flexibility index (Phi) is 4.09. The molecule has 2 aromatic heterocycles. The molecule has 0 unspecified atom stereocenters. The van der Waals surface area contributed by atoms with Gasteiger partial charge < -0.3 is 10.0 Å². The predicted octanol–water partition coefficient (Wildman–Crippen LogP) is 4.75. The van der Waals surface area contributed by atoms with Crippen LogP contribution in [0.1, 0.15) is 25.0 Å². The number of fused-ring (bicyclic) bond motifs is 1. The van der Waals surface area contributed by atoms with Gasteiger partial charge in [-0.1, -0.05) is 0 Å². The fraction of sp³-hybridized carbons (Fsp3) is 0.316. The molecule has 1 aromatic carbocycles. The van der Waals surface area contributed by atoms with E-state index in [0.29, 0.717) is 11.5 Å². The molecule has 0 spiro atoms. The van der Waals surface area contributed by atoms with E-state index < -0.39 is 0 Å². The number of benzene rings is 1. The Morgan fingerprint density at radius 3 is 2.52 bits per heavy atom. The number of aromatic hydroxyl groups is 1. The van der Waals surface area contributed by atoms with Crippen molar-refractivity contribution in [1.82, 2.24) is 9.38 Å². The second-order valence-corrected chi connectivity index (χ2v) is 6.37. The van der Waals surface area contributed by atoms with Crippen LogP contribution >= 0.6 is 0 Å². The van der Waals surface area contributed by atoms with Crippen LogP contribution in [0, 0.1) is 6.92 Å². The van der Waals surface area contributed by atoms with Crippen molar-refractivity contribution in [3.63, 3.8) is 0 Å². The highest BCUT2D eigenvalue weighted by molar-refractivity contribution is 5.60. The largest absolute Gasteiger partial charge is 0.504 e. The molecule has 0 amide bonds. The number of aromatic nitrogens is 2. The lowest BCUT2D eigenvalue weighted by Gasteiger charge is -2.28. The van der Waals surface area contributed by atoms with Crippen molar-refractivity contribution < 1.29 is 5.11 Å². The van der Waals surface area contributed by atoms with Crippen molar-refractivity contribution in [1.29, 1.82) is 0 Å². The number of azo groups is 1. The third kappa shape index (κ3) is 3.07. The zero-order valence-electron chi connectivity index (χ0n) is 14.3. The monoisotopic (exact) mass is 335 g/mol. The van der Waals surface area contributed by atoms with E-state index in [4.69, 9.17) is 0 Å². The van der Waals surface area contributed by atoms with E-state index in [2.05, 4.69) is 32.2 Å². The first-order valence-electron chi connectivity index (χ1n) is 8.66. The summed E-state index contributed by atoms with van der Waals surface area (Å²) in [5, 5.41) is 18.6. The number of imidazole rings is 1. The number of hydrogen-bond donors (Lipinski definition) is 1. The van der Waals surface area contributed by atoms with E-state index in [1.165, 1.54) is 24.9 Å². The molecule has 6 heteroatoms. The first kappa shape index (κ1) is 15.6. The summed E-state index contributed by atoms with van der Waals surface area (Å²) in [7, 11) is 0. The Morgan fingerprint density at radius 2 is 1.76 bits per heavy atom. The summed E-state index contributed by atoms with van der Waals surface area (Å²) in [6, 6.07) is 11.6. The number of anilines is 1. The SMILES string of the molecule is Cc1nc2c(O)cccn2c1N=Nc1ccc(N2CCCCC2)cc1. The van der Waals surface area contributed by atoms with Gasteiger partial charge in [0, 0.05) is 25.0 Å². The van der Waals surface area contributed by atoms with Crippen molar-refractivity contribution in [2.75, 3.05) is 18.0 Å². The minimum atomic E-state index is 0.137. The van der Waals surface area contributed by atoms with Gasteiger partial charge in [0.15, 0.2) is 17.2 Å². The number of pyridine rings is 1. The minimum Gasteiger partial charge on any atom is -0.504 e. The van der Waals surface area contributed by atoms with Gasteiger partial charge in [0.2, 0.25) is 0 Å². The summed E-state index contributed by atoms with van der Waals surface area (Å²) in [5.41, 5.74) is 3.27. The first-order chi connectivity index (χ1) is 12.2. The van der Waals surface area contributed by atoms with Crippen molar-refractivity contribution in [3.05, 3.63) is 48.3 Å². The number of rotatable bonds is 3. The number of nitrogens with zero attached hydrogens (tertiary/aromatic N) is 5. The number of hydrogen-bond acceptors (Lipinski definition) is 5. The van der Waals surface area contributed by atoms with Gasteiger partial charge in [-0.05, 0) is 62.6 Å². The summed E-state index contributed by atoms with van der Waals surface area (Å²) in [5.74, 6) is 0.768. The van der Waals surface area contributed by atoms with Crippen LogP contribution in [0.25, 0.3) is 5.65 Å². The maximum Gasteiger partial charge on any atom is 0.182 e. The van der Waals surface area contributed by atoms with Gasteiger partial charge in [0.25, 0.3) is 0 Å². The van der Waals surface area contributed by atoms with Gasteiger partial charge in [0.1, 0.15) is 0 Å².